The van der Waals surface area contributed by atoms with Gasteiger partial charge in [0, 0.05) is 5.39 Å². The number of aromatic amines is 1. The number of hydrogen-bond acceptors (Lipinski definition) is 7. The average Bonchev–Trinajstić information content (AvgIpc) is 3.16. The Hall–Kier alpha value is -3.92. The smallest absolute Gasteiger partial charge is 0.288 e. The van der Waals surface area contributed by atoms with E-state index in [1.807, 2.05) is 12.1 Å². The van der Waals surface area contributed by atoms with Gasteiger partial charge in [-0.05, 0) is 60.7 Å². The molecule has 0 fully saturated rings. The number of aromatic nitrogens is 4. The third kappa shape index (κ3) is 4.48. The second-order valence-corrected chi connectivity index (χ2v) is 6.83. The van der Waals surface area contributed by atoms with Gasteiger partial charge < -0.3 is 14.2 Å². The zero-order valence-corrected chi connectivity index (χ0v) is 17.6. The lowest BCUT2D eigenvalue weighted by molar-refractivity contribution is 0.100. The largest absolute Gasteiger partial charge is 0.497 e. The van der Waals surface area contributed by atoms with Crippen LogP contribution in [0.25, 0.3) is 10.9 Å². The summed E-state index contributed by atoms with van der Waals surface area (Å²) >= 11 is 5.23. The highest BCUT2D eigenvalue weighted by Gasteiger charge is 2.14. The van der Waals surface area contributed by atoms with Crippen molar-refractivity contribution in [1.29, 1.82) is 0 Å². The van der Waals surface area contributed by atoms with Crippen molar-refractivity contribution >= 4 is 29.0 Å². The monoisotopic (exact) mass is 437 g/mol. The summed E-state index contributed by atoms with van der Waals surface area (Å²) in [7, 11) is 3.19. The van der Waals surface area contributed by atoms with Gasteiger partial charge in [0.1, 0.15) is 29.5 Å². The van der Waals surface area contributed by atoms with E-state index in [0.29, 0.717) is 17.1 Å². The van der Waals surface area contributed by atoms with Crippen LogP contribution in [0.2, 0.25) is 0 Å². The zero-order chi connectivity index (χ0) is 21.8. The molecule has 0 atom stereocenters. The fraction of sp³-hybridized carbons (Fsp3) is 0.143. The number of ether oxygens (including phenoxy) is 3. The van der Waals surface area contributed by atoms with Gasteiger partial charge in [0.05, 0.1) is 19.7 Å². The third-order valence-electron chi connectivity index (χ3n) is 4.51. The molecule has 2 N–H and O–H groups in total. The van der Waals surface area contributed by atoms with Crippen molar-refractivity contribution in [2.75, 3.05) is 19.6 Å². The van der Waals surface area contributed by atoms with Crippen LogP contribution < -0.4 is 19.6 Å². The van der Waals surface area contributed by atoms with Crippen molar-refractivity contribution in [3.8, 4) is 17.2 Å². The molecule has 2 aromatic carbocycles. The Morgan fingerprint density at radius 3 is 2.48 bits per heavy atom. The second-order valence-electron chi connectivity index (χ2n) is 6.44. The Bertz CT molecular complexity index is 1280. The molecule has 0 unspecified atom stereocenters. The minimum atomic E-state index is -0.430. The van der Waals surface area contributed by atoms with E-state index in [2.05, 4.69) is 20.6 Å². The van der Waals surface area contributed by atoms with E-state index in [4.69, 9.17) is 26.4 Å². The first-order valence-electron chi connectivity index (χ1n) is 9.26. The molecule has 4 aromatic rings. The predicted molar refractivity (Wildman–Crippen MR) is 117 cm³/mol. The molecule has 2 heterocycles. The van der Waals surface area contributed by atoms with Crippen LogP contribution >= 0.6 is 12.2 Å². The number of pyridine rings is 1. The van der Waals surface area contributed by atoms with Crippen LogP contribution in [0.5, 0.6) is 17.2 Å². The van der Waals surface area contributed by atoms with Crippen LogP contribution in [0, 0.1) is 4.77 Å². The van der Waals surface area contributed by atoms with Crippen LogP contribution in [-0.4, -0.2) is 40.0 Å². The maximum absolute atomic E-state index is 12.8. The first-order chi connectivity index (χ1) is 15.1. The van der Waals surface area contributed by atoms with Gasteiger partial charge >= 0.3 is 0 Å². The molecule has 0 aliphatic carbocycles. The van der Waals surface area contributed by atoms with Crippen molar-refractivity contribution in [2.24, 2.45) is 0 Å². The van der Waals surface area contributed by atoms with E-state index in [9.17, 15) is 4.79 Å². The van der Waals surface area contributed by atoms with Crippen LogP contribution in [0.15, 0.2) is 54.6 Å². The zero-order valence-electron chi connectivity index (χ0n) is 16.8. The molecular weight excluding hydrogens is 418 g/mol. The molecule has 1 amide bonds. The number of hydrogen-bond donors (Lipinski definition) is 2. The number of amides is 1. The first kappa shape index (κ1) is 20.4. The molecule has 10 heteroatoms. The van der Waals surface area contributed by atoms with Crippen molar-refractivity contribution in [2.45, 2.75) is 6.61 Å². The minimum Gasteiger partial charge on any atom is -0.497 e. The van der Waals surface area contributed by atoms with Gasteiger partial charge in [0.25, 0.3) is 5.91 Å². The van der Waals surface area contributed by atoms with Crippen molar-refractivity contribution in [3.63, 3.8) is 0 Å². The van der Waals surface area contributed by atoms with Gasteiger partial charge in [0.2, 0.25) is 4.77 Å². The second kappa shape index (κ2) is 8.84. The number of carbonyl (C=O) groups is 1. The molecule has 0 radical (unpaired) electrons. The van der Waals surface area contributed by atoms with Crippen LogP contribution in [-0.2, 0) is 6.61 Å². The summed E-state index contributed by atoms with van der Waals surface area (Å²) in [5.74, 6) is 2.04. The quantitative estimate of drug-likeness (QED) is 0.427. The van der Waals surface area contributed by atoms with E-state index in [0.717, 1.165) is 16.9 Å². The number of nitrogens with zero attached hydrogens (tertiary/aromatic N) is 3. The van der Waals surface area contributed by atoms with Gasteiger partial charge in [0.15, 0.2) is 5.82 Å². The highest BCUT2D eigenvalue weighted by molar-refractivity contribution is 7.71. The fourth-order valence-electron chi connectivity index (χ4n) is 2.88. The molecule has 158 valence electrons. The molecule has 0 bridgehead atoms. The lowest BCUT2D eigenvalue weighted by Crippen LogP contribution is -2.26. The number of fused-ring (bicyclic) bond motifs is 1. The lowest BCUT2D eigenvalue weighted by Gasteiger charge is -2.10. The molecule has 0 aliphatic heterocycles. The fourth-order valence-corrected chi connectivity index (χ4v) is 3.07. The number of nitrogens with one attached hydrogen (secondary N) is 2. The number of carbonyl (C=O) groups excluding carboxylic acids is 1. The van der Waals surface area contributed by atoms with Crippen molar-refractivity contribution in [3.05, 3.63) is 70.9 Å². The minimum absolute atomic E-state index is 0.0880. The maximum Gasteiger partial charge on any atom is 0.288 e. The summed E-state index contributed by atoms with van der Waals surface area (Å²) in [6, 6.07) is 16.0. The van der Waals surface area contributed by atoms with Gasteiger partial charge in [-0.1, -0.05) is 6.07 Å². The SMILES string of the molecule is COc1ccc(OCc2n[nH]c(=S)n2NC(=O)c2ccc3cc(OC)ccc3n2)cc1. The van der Waals surface area contributed by atoms with Crippen molar-refractivity contribution < 1.29 is 19.0 Å². The summed E-state index contributed by atoms with van der Waals surface area (Å²) in [5, 5.41) is 7.65. The van der Waals surface area contributed by atoms with Crippen molar-refractivity contribution in [1.82, 2.24) is 19.9 Å². The number of benzene rings is 2. The lowest BCUT2D eigenvalue weighted by atomic mass is 10.2. The maximum atomic E-state index is 12.8. The number of H-pyrrole nitrogens is 1. The first-order valence-corrected chi connectivity index (χ1v) is 9.67. The van der Waals surface area contributed by atoms with Gasteiger partial charge in [-0.3, -0.25) is 15.3 Å². The Labute approximate surface area is 182 Å². The Morgan fingerprint density at radius 1 is 1.03 bits per heavy atom. The van der Waals surface area contributed by atoms with E-state index >= 15 is 0 Å². The summed E-state index contributed by atoms with van der Waals surface area (Å²) < 4.78 is 17.7. The topological polar surface area (TPSA) is 103 Å². The Balaban J connectivity index is 1.50. The third-order valence-corrected chi connectivity index (χ3v) is 4.79. The highest BCUT2D eigenvalue weighted by Crippen LogP contribution is 2.20. The van der Waals surface area contributed by atoms with E-state index < -0.39 is 5.91 Å². The van der Waals surface area contributed by atoms with Gasteiger partial charge in [-0.2, -0.15) is 5.10 Å². The van der Waals surface area contributed by atoms with Crippen LogP contribution in [0.3, 0.4) is 0 Å². The summed E-state index contributed by atoms with van der Waals surface area (Å²) in [6.07, 6.45) is 0. The van der Waals surface area contributed by atoms with E-state index in [1.165, 1.54) is 4.68 Å². The Morgan fingerprint density at radius 2 is 1.74 bits per heavy atom. The Kier molecular flexibility index (Phi) is 5.80. The molecule has 2 aromatic heterocycles. The van der Waals surface area contributed by atoms with Gasteiger partial charge in [-0.25, -0.2) is 9.66 Å². The summed E-state index contributed by atoms with van der Waals surface area (Å²) in [5.41, 5.74) is 3.62. The normalized spacial score (nSPS) is 10.6. The predicted octanol–water partition coefficient (Wildman–Crippen LogP) is 3.47. The molecule has 0 spiro atoms. The molecule has 0 saturated heterocycles. The average molecular weight is 437 g/mol. The van der Waals surface area contributed by atoms with Crippen LogP contribution in [0.4, 0.5) is 0 Å². The molecule has 4 rings (SSSR count). The van der Waals surface area contributed by atoms with Crippen LogP contribution in [0.1, 0.15) is 16.3 Å². The number of methoxy groups -OCH3 is 2. The molecule has 0 aliphatic rings. The molecule has 9 nitrogen and oxygen atoms in total. The van der Waals surface area contributed by atoms with E-state index in [1.54, 1.807) is 56.7 Å². The molecule has 0 saturated carbocycles. The summed E-state index contributed by atoms with van der Waals surface area (Å²) in [6.45, 7) is 0.0880. The number of rotatable bonds is 7. The van der Waals surface area contributed by atoms with Gasteiger partial charge in [-0.15, -0.1) is 0 Å². The molecule has 31 heavy (non-hydrogen) atoms. The molecular formula is C21H19N5O4S. The summed E-state index contributed by atoms with van der Waals surface area (Å²) in [4.78, 5) is 17.2. The van der Waals surface area contributed by atoms with E-state index in [-0.39, 0.29) is 17.1 Å². The highest BCUT2D eigenvalue weighted by atomic mass is 32.1. The standard InChI is InChI=1S/C21H19N5O4S/c1-28-14-4-6-15(7-5-14)30-12-19-23-24-21(31)26(19)25-20(27)18-9-3-13-11-16(29-2)8-10-17(13)22-18/h3-11H,12H2,1-2H3,(H,24,31)(H,25,27).